The standard InChI is InChI=1S/C25H54O3P.BF4/c1-5-9-10-11-12-13-14-15-16-17-18-19-20-21-22-29(23(26)6-2,24(27)7-3)25(28)8-4;2-1(3,4)5/h23-28H,5-22H2,1-4H3;/q+1;-1. The first-order valence-corrected chi connectivity index (χ1v) is 16.0. The quantitative estimate of drug-likeness (QED) is 0.0613. The first-order chi connectivity index (χ1) is 16.0. The van der Waals surface area contributed by atoms with Gasteiger partial charge < -0.3 is 32.6 Å². The molecule has 0 amide bonds. The van der Waals surface area contributed by atoms with Gasteiger partial charge in [-0.3, -0.25) is 0 Å². The third-order valence-electron chi connectivity index (χ3n) is 6.66. The van der Waals surface area contributed by atoms with Crippen LogP contribution in [0.2, 0.25) is 0 Å². The fourth-order valence-corrected chi connectivity index (χ4v) is 9.54. The van der Waals surface area contributed by atoms with Gasteiger partial charge in [-0.15, -0.1) is 0 Å². The number of hydrogen-bond acceptors (Lipinski definition) is 3. The molecule has 3 N–H and O–H groups in total. The number of rotatable bonds is 21. The molecule has 3 atom stereocenters. The van der Waals surface area contributed by atoms with Crippen molar-refractivity contribution in [3.8, 4) is 0 Å². The van der Waals surface area contributed by atoms with E-state index in [0.717, 1.165) is 19.0 Å². The van der Waals surface area contributed by atoms with Crippen LogP contribution in [0.15, 0.2) is 0 Å². The first kappa shape index (κ1) is 36.3. The number of halogens is 4. The molecule has 0 saturated carbocycles. The molecule has 0 aliphatic carbocycles. The fourth-order valence-electron chi connectivity index (χ4n) is 4.64. The van der Waals surface area contributed by atoms with Crippen LogP contribution in [0.25, 0.3) is 0 Å². The van der Waals surface area contributed by atoms with Crippen LogP contribution in [0.4, 0.5) is 17.3 Å². The molecule has 0 aliphatic rings. The smallest absolute Gasteiger partial charge is 0.418 e. The molecule has 0 rings (SSSR count). The van der Waals surface area contributed by atoms with Crippen molar-refractivity contribution in [1.82, 2.24) is 0 Å². The first-order valence-electron chi connectivity index (χ1n) is 13.8. The fraction of sp³-hybridized carbons (Fsp3) is 1.00. The summed E-state index contributed by atoms with van der Waals surface area (Å²) in [6.45, 7) is 8.18. The van der Waals surface area contributed by atoms with Crippen LogP contribution < -0.4 is 0 Å². The molecule has 0 aromatic heterocycles. The van der Waals surface area contributed by atoms with Crippen LogP contribution in [0, 0.1) is 0 Å². The van der Waals surface area contributed by atoms with E-state index >= 15 is 0 Å². The second kappa shape index (κ2) is 22.3. The minimum absolute atomic E-state index is 0.533. The van der Waals surface area contributed by atoms with Crippen molar-refractivity contribution in [2.24, 2.45) is 0 Å². The molecule has 3 unspecified atom stereocenters. The van der Waals surface area contributed by atoms with Crippen LogP contribution in [-0.2, 0) is 0 Å². The van der Waals surface area contributed by atoms with Crippen molar-refractivity contribution in [3.63, 3.8) is 0 Å². The Balaban J connectivity index is 0. The maximum Gasteiger partial charge on any atom is 0.673 e. The van der Waals surface area contributed by atoms with Gasteiger partial charge in [-0.25, -0.2) is 0 Å². The summed E-state index contributed by atoms with van der Waals surface area (Å²) in [7, 11) is -8.19. The monoisotopic (exact) mass is 520 g/mol. The summed E-state index contributed by atoms with van der Waals surface area (Å²) < 4.78 is 39.0. The Bertz CT molecular complexity index is 412. The summed E-state index contributed by atoms with van der Waals surface area (Å²) in [5.74, 6) is -1.60. The van der Waals surface area contributed by atoms with Crippen molar-refractivity contribution in [2.75, 3.05) is 6.16 Å². The minimum Gasteiger partial charge on any atom is -0.418 e. The highest BCUT2D eigenvalue weighted by atomic mass is 31.2. The molecule has 0 bridgehead atoms. The van der Waals surface area contributed by atoms with Crippen molar-refractivity contribution in [1.29, 1.82) is 0 Å². The summed E-state index contributed by atoms with van der Waals surface area (Å²) in [5, 5.41) is 32.1. The predicted molar refractivity (Wildman–Crippen MR) is 141 cm³/mol. The molecule has 0 heterocycles. The van der Waals surface area contributed by atoms with Crippen LogP contribution >= 0.6 is 7.26 Å². The zero-order valence-electron chi connectivity index (χ0n) is 22.3. The summed E-state index contributed by atoms with van der Waals surface area (Å²) in [5.41, 5.74) is 0. The molecule has 208 valence electrons. The molecule has 0 fully saturated rings. The van der Waals surface area contributed by atoms with Gasteiger partial charge in [0, 0.05) is 19.3 Å². The average Bonchev–Trinajstić information content (AvgIpc) is 2.79. The topological polar surface area (TPSA) is 60.7 Å². The van der Waals surface area contributed by atoms with Crippen LogP contribution in [0.1, 0.15) is 137 Å². The van der Waals surface area contributed by atoms with Gasteiger partial charge in [-0.2, -0.15) is 0 Å². The Morgan fingerprint density at radius 3 is 0.971 bits per heavy atom. The van der Waals surface area contributed by atoms with Crippen molar-refractivity contribution < 1.29 is 32.6 Å². The van der Waals surface area contributed by atoms with E-state index in [1.165, 1.54) is 77.0 Å². The van der Waals surface area contributed by atoms with Crippen molar-refractivity contribution in [2.45, 2.75) is 154 Å². The lowest BCUT2D eigenvalue weighted by molar-refractivity contribution is 0.178. The Kier molecular flexibility index (Phi) is 23.8. The lowest BCUT2D eigenvalue weighted by atomic mass is 10.0. The van der Waals surface area contributed by atoms with E-state index in [0.29, 0.717) is 19.3 Å². The summed E-state index contributed by atoms with van der Waals surface area (Å²) in [6, 6.07) is 0. The molecule has 3 nitrogen and oxygen atoms in total. The lowest BCUT2D eigenvalue weighted by Crippen LogP contribution is -2.34. The van der Waals surface area contributed by atoms with Crippen LogP contribution in [-0.4, -0.2) is 46.3 Å². The number of unbranched alkanes of at least 4 members (excludes halogenated alkanes) is 13. The van der Waals surface area contributed by atoms with Gasteiger partial charge in [0.15, 0.2) is 17.5 Å². The second-order valence-electron chi connectivity index (χ2n) is 9.48. The van der Waals surface area contributed by atoms with Crippen LogP contribution in [0.3, 0.4) is 0 Å². The SMILES string of the molecule is CCCCCCCCCCCCCCCC[P+](C(O)CC)(C(O)CC)C(O)CC.F[B-](F)(F)F. The Morgan fingerprint density at radius 1 is 0.500 bits per heavy atom. The summed E-state index contributed by atoms with van der Waals surface area (Å²) in [4.78, 5) is 0. The van der Waals surface area contributed by atoms with E-state index in [4.69, 9.17) is 0 Å². The van der Waals surface area contributed by atoms with Gasteiger partial charge in [0.25, 0.3) is 0 Å². The van der Waals surface area contributed by atoms with Crippen molar-refractivity contribution >= 4 is 14.5 Å². The molecular formula is C25H54BF4O3P. The Morgan fingerprint density at radius 2 is 0.735 bits per heavy atom. The highest BCUT2D eigenvalue weighted by Gasteiger charge is 2.54. The number of hydrogen-bond donors (Lipinski definition) is 3. The van der Waals surface area contributed by atoms with E-state index < -0.39 is 32.1 Å². The van der Waals surface area contributed by atoms with E-state index in [2.05, 4.69) is 6.92 Å². The van der Waals surface area contributed by atoms with Crippen molar-refractivity contribution in [3.05, 3.63) is 0 Å². The molecule has 0 aromatic rings. The maximum atomic E-state index is 10.7. The maximum absolute atomic E-state index is 10.7. The molecular weight excluding hydrogens is 466 g/mol. The molecule has 0 saturated heterocycles. The Labute approximate surface area is 207 Å². The Hall–Kier alpha value is 0.0949. The lowest BCUT2D eigenvalue weighted by Gasteiger charge is -2.38. The third kappa shape index (κ3) is 18.4. The molecule has 0 aromatic carbocycles. The summed E-state index contributed by atoms with van der Waals surface area (Å²) in [6.07, 6.45) is 21.3. The second-order valence-corrected chi connectivity index (χ2v) is 13.7. The van der Waals surface area contributed by atoms with Gasteiger partial charge >= 0.3 is 7.25 Å². The van der Waals surface area contributed by atoms with Crippen LogP contribution in [0.5, 0.6) is 0 Å². The molecule has 0 radical (unpaired) electrons. The third-order valence-corrected chi connectivity index (χ3v) is 12.2. The molecule has 34 heavy (non-hydrogen) atoms. The zero-order valence-corrected chi connectivity index (χ0v) is 23.2. The normalized spacial score (nSPS) is 16.3. The van der Waals surface area contributed by atoms with E-state index in [1.54, 1.807) is 0 Å². The average molecular weight is 520 g/mol. The zero-order chi connectivity index (χ0) is 26.5. The van der Waals surface area contributed by atoms with Gasteiger partial charge in [-0.1, -0.05) is 105 Å². The highest BCUT2D eigenvalue weighted by Crippen LogP contribution is 2.71. The number of aliphatic hydroxyl groups excluding tert-OH is 3. The predicted octanol–water partition coefficient (Wildman–Crippen LogP) is 8.97. The molecule has 0 aliphatic heterocycles. The molecule has 9 heteroatoms. The van der Waals surface area contributed by atoms with E-state index in [9.17, 15) is 32.6 Å². The van der Waals surface area contributed by atoms with Gasteiger partial charge in [0.05, 0.1) is 6.16 Å². The molecule has 0 spiro atoms. The van der Waals surface area contributed by atoms with Gasteiger partial charge in [0.1, 0.15) is 7.26 Å². The minimum atomic E-state index is -6.00. The highest BCUT2D eigenvalue weighted by molar-refractivity contribution is 7.77. The van der Waals surface area contributed by atoms with E-state index in [-0.39, 0.29) is 0 Å². The largest absolute Gasteiger partial charge is 0.673 e. The van der Waals surface area contributed by atoms with Gasteiger partial charge in [-0.05, 0) is 12.8 Å². The number of aliphatic hydroxyl groups is 3. The van der Waals surface area contributed by atoms with Gasteiger partial charge in [0.2, 0.25) is 0 Å². The van der Waals surface area contributed by atoms with E-state index in [1.807, 2.05) is 20.8 Å². The summed E-state index contributed by atoms with van der Waals surface area (Å²) >= 11 is 0.